The molecule has 0 aliphatic rings. The van der Waals surface area contributed by atoms with E-state index in [1.165, 1.54) is 19.2 Å². The summed E-state index contributed by atoms with van der Waals surface area (Å²) in [6.45, 7) is 2.87. The van der Waals surface area contributed by atoms with Crippen LogP contribution in [-0.4, -0.2) is 37.7 Å². The molecule has 0 saturated heterocycles. The Labute approximate surface area is 133 Å². The van der Waals surface area contributed by atoms with Gasteiger partial charge < -0.3 is 14.8 Å². The minimum atomic E-state index is -0.752. The Balaban J connectivity index is 2.41. The number of benzene rings is 1. The van der Waals surface area contributed by atoms with Gasteiger partial charge in [0.1, 0.15) is 0 Å². The first-order valence-corrected chi connectivity index (χ1v) is 6.90. The van der Waals surface area contributed by atoms with Gasteiger partial charge in [-0.05, 0) is 31.5 Å². The number of carbonyl (C=O) groups is 3. The Kier molecular flexibility index (Phi) is 6.98. The Bertz CT molecular complexity index is 589. The summed E-state index contributed by atoms with van der Waals surface area (Å²) in [5.41, 5.74) is 0.381. The zero-order chi connectivity index (χ0) is 17.4. The van der Waals surface area contributed by atoms with E-state index in [1.807, 2.05) is 5.32 Å². The van der Waals surface area contributed by atoms with E-state index in [-0.39, 0.29) is 18.2 Å². The van der Waals surface area contributed by atoms with Crippen molar-refractivity contribution >= 4 is 17.9 Å². The topological polar surface area (TPSA) is 93.7 Å². The number of ether oxygens (including phenoxy) is 2. The van der Waals surface area contributed by atoms with Crippen molar-refractivity contribution in [3.8, 4) is 5.75 Å². The minimum absolute atomic E-state index is 0.0673. The molecule has 2 N–H and O–H groups in total. The van der Waals surface area contributed by atoms with Gasteiger partial charge in [0.2, 0.25) is 0 Å². The third-order valence-electron chi connectivity index (χ3n) is 2.60. The van der Waals surface area contributed by atoms with Crippen molar-refractivity contribution in [3.63, 3.8) is 0 Å². The molecule has 0 radical (unpaired) electrons. The molecule has 23 heavy (non-hydrogen) atoms. The predicted molar refractivity (Wildman–Crippen MR) is 79.4 cm³/mol. The van der Waals surface area contributed by atoms with Gasteiger partial charge in [0, 0.05) is 6.04 Å². The molecule has 1 rings (SSSR count). The lowest BCUT2D eigenvalue weighted by atomic mass is 10.1. The molecule has 0 aliphatic heterocycles. The van der Waals surface area contributed by atoms with Gasteiger partial charge in [-0.2, -0.15) is 0 Å². The smallest absolute Gasteiger partial charge is 0.321 e. The highest BCUT2D eigenvalue weighted by Gasteiger charge is 2.13. The number of carbonyl (C=O) groups excluding carboxylic acids is 3. The van der Waals surface area contributed by atoms with Crippen molar-refractivity contribution in [2.75, 3.05) is 13.7 Å². The number of nitrogens with one attached hydrogen (secondary N) is 2. The second kappa shape index (κ2) is 8.72. The van der Waals surface area contributed by atoms with E-state index in [2.05, 4.69) is 5.32 Å². The first-order valence-electron chi connectivity index (χ1n) is 6.90. The van der Waals surface area contributed by atoms with Crippen LogP contribution in [0.2, 0.25) is 0 Å². The van der Waals surface area contributed by atoms with Gasteiger partial charge in [-0.15, -0.1) is 0 Å². The van der Waals surface area contributed by atoms with Gasteiger partial charge in [0.05, 0.1) is 13.5 Å². The zero-order valence-electron chi connectivity index (χ0n) is 13.1. The fourth-order valence-corrected chi connectivity index (χ4v) is 1.64. The van der Waals surface area contributed by atoms with Gasteiger partial charge in [-0.3, -0.25) is 14.9 Å². The van der Waals surface area contributed by atoms with Crippen LogP contribution >= 0.6 is 0 Å². The van der Waals surface area contributed by atoms with Crippen molar-refractivity contribution in [2.24, 2.45) is 0 Å². The number of imide groups is 1. The number of rotatable bonds is 6. The van der Waals surface area contributed by atoms with E-state index in [0.717, 1.165) is 6.07 Å². The summed E-state index contributed by atoms with van der Waals surface area (Å²) in [5, 5.41) is 4.47. The zero-order valence-corrected chi connectivity index (χ0v) is 13.1. The molecule has 7 nitrogen and oxygen atoms in total. The summed E-state index contributed by atoms with van der Waals surface area (Å²) in [6, 6.07) is 3.25. The molecule has 3 amide bonds. The number of amides is 3. The maximum Gasteiger partial charge on any atom is 0.321 e. The van der Waals surface area contributed by atoms with E-state index in [1.54, 1.807) is 13.8 Å². The Morgan fingerprint density at radius 3 is 2.52 bits per heavy atom. The summed E-state index contributed by atoms with van der Waals surface area (Å²) in [4.78, 5) is 34.3. The second-order valence-electron chi connectivity index (χ2n) is 4.98. The van der Waals surface area contributed by atoms with E-state index in [0.29, 0.717) is 5.56 Å². The number of hydrogen-bond donors (Lipinski definition) is 2. The van der Waals surface area contributed by atoms with Crippen molar-refractivity contribution in [2.45, 2.75) is 26.3 Å². The van der Waals surface area contributed by atoms with E-state index in [9.17, 15) is 18.8 Å². The largest absolute Gasteiger partial charge is 0.494 e. The van der Waals surface area contributed by atoms with Crippen LogP contribution in [0.5, 0.6) is 5.75 Å². The molecule has 0 bridgehead atoms. The Morgan fingerprint density at radius 1 is 1.26 bits per heavy atom. The molecular weight excluding hydrogens is 307 g/mol. The number of esters is 1. The standard InChI is InChI=1S/C15H19FN2O5/c1-9(2)17-15(21)18-13(19)8-23-14(20)7-10-4-5-12(22-3)11(16)6-10/h4-6,9H,7-8H2,1-3H3,(H2,17,18,19,21). The lowest BCUT2D eigenvalue weighted by molar-refractivity contribution is -0.147. The molecule has 0 spiro atoms. The Hall–Kier alpha value is -2.64. The molecule has 126 valence electrons. The lowest BCUT2D eigenvalue weighted by Gasteiger charge is -2.09. The molecule has 0 aromatic heterocycles. The highest BCUT2D eigenvalue weighted by atomic mass is 19.1. The van der Waals surface area contributed by atoms with Crippen LogP contribution in [0.3, 0.4) is 0 Å². The molecule has 1 aromatic carbocycles. The van der Waals surface area contributed by atoms with Crippen LogP contribution in [0, 0.1) is 5.82 Å². The molecule has 0 heterocycles. The van der Waals surface area contributed by atoms with Gasteiger partial charge >= 0.3 is 12.0 Å². The maximum atomic E-state index is 13.5. The van der Waals surface area contributed by atoms with Gasteiger partial charge in [-0.1, -0.05) is 6.07 Å². The molecule has 0 saturated carbocycles. The fraction of sp³-hybridized carbons (Fsp3) is 0.400. The quantitative estimate of drug-likeness (QED) is 0.765. The first kappa shape index (κ1) is 18.4. The average molecular weight is 326 g/mol. The third-order valence-corrected chi connectivity index (χ3v) is 2.60. The van der Waals surface area contributed by atoms with E-state index >= 15 is 0 Å². The van der Waals surface area contributed by atoms with E-state index in [4.69, 9.17) is 9.47 Å². The summed E-state index contributed by atoms with van der Waals surface area (Å²) in [7, 11) is 1.33. The van der Waals surface area contributed by atoms with Crippen molar-refractivity contribution in [1.82, 2.24) is 10.6 Å². The van der Waals surface area contributed by atoms with Crippen molar-refractivity contribution in [1.29, 1.82) is 0 Å². The molecule has 0 atom stereocenters. The molecule has 0 aliphatic carbocycles. The van der Waals surface area contributed by atoms with Gasteiger partial charge in [0.25, 0.3) is 5.91 Å². The average Bonchev–Trinajstić information content (AvgIpc) is 2.44. The molecule has 0 unspecified atom stereocenters. The summed E-state index contributed by atoms with van der Waals surface area (Å²) < 4.78 is 23.0. The van der Waals surface area contributed by atoms with Crippen LogP contribution in [0.1, 0.15) is 19.4 Å². The first-order chi connectivity index (χ1) is 10.8. The van der Waals surface area contributed by atoms with Crippen LogP contribution in [-0.2, 0) is 20.7 Å². The van der Waals surface area contributed by atoms with Crippen molar-refractivity contribution in [3.05, 3.63) is 29.6 Å². The highest BCUT2D eigenvalue weighted by Crippen LogP contribution is 2.18. The number of hydrogen-bond acceptors (Lipinski definition) is 5. The SMILES string of the molecule is COc1ccc(CC(=O)OCC(=O)NC(=O)NC(C)C)cc1F. The number of methoxy groups -OCH3 is 1. The fourth-order valence-electron chi connectivity index (χ4n) is 1.64. The monoisotopic (exact) mass is 326 g/mol. The van der Waals surface area contributed by atoms with Crippen LogP contribution in [0.25, 0.3) is 0 Å². The molecule has 8 heteroatoms. The molecule has 0 fully saturated rings. The molecule has 1 aromatic rings. The molecular formula is C15H19FN2O5. The summed E-state index contributed by atoms with van der Waals surface area (Å²) in [6.07, 6.45) is -0.202. The van der Waals surface area contributed by atoms with Gasteiger partial charge in [0.15, 0.2) is 18.2 Å². The lowest BCUT2D eigenvalue weighted by Crippen LogP contribution is -2.44. The highest BCUT2D eigenvalue weighted by molar-refractivity contribution is 5.95. The van der Waals surface area contributed by atoms with Crippen LogP contribution in [0.15, 0.2) is 18.2 Å². The summed E-state index contributed by atoms with van der Waals surface area (Å²) >= 11 is 0. The number of urea groups is 1. The Morgan fingerprint density at radius 2 is 1.96 bits per heavy atom. The van der Waals surface area contributed by atoms with Gasteiger partial charge in [-0.25, -0.2) is 9.18 Å². The minimum Gasteiger partial charge on any atom is -0.494 e. The number of halogens is 1. The predicted octanol–water partition coefficient (Wildman–Crippen LogP) is 1.15. The third kappa shape index (κ3) is 6.77. The maximum absolute atomic E-state index is 13.5. The van der Waals surface area contributed by atoms with Crippen LogP contribution in [0.4, 0.5) is 9.18 Å². The normalized spacial score (nSPS) is 10.1. The second-order valence-corrected chi connectivity index (χ2v) is 4.98. The summed E-state index contributed by atoms with van der Waals surface area (Å²) in [5.74, 6) is -2.00. The van der Waals surface area contributed by atoms with Crippen LogP contribution < -0.4 is 15.4 Å². The van der Waals surface area contributed by atoms with Crippen molar-refractivity contribution < 1.29 is 28.2 Å². The van der Waals surface area contributed by atoms with E-state index < -0.39 is 30.3 Å².